The second-order valence-electron chi connectivity index (χ2n) is 3.71. The van der Waals surface area contributed by atoms with Gasteiger partial charge in [-0.3, -0.25) is 0 Å². The molecule has 0 spiro atoms. The van der Waals surface area contributed by atoms with Gasteiger partial charge in [0, 0.05) is 0 Å². The van der Waals surface area contributed by atoms with Crippen molar-refractivity contribution in [2.75, 3.05) is 0 Å². The molecule has 0 aromatic heterocycles. The summed E-state index contributed by atoms with van der Waals surface area (Å²) in [7, 11) is 0. The third-order valence-electron chi connectivity index (χ3n) is 2.69. The molecular formula is C14H14N2. The monoisotopic (exact) mass is 210 g/mol. The third kappa shape index (κ3) is 2.16. The maximum absolute atomic E-state index is 6.90. The fourth-order valence-electron chi connectivity index (χ4n) is 1.66. The van der Waals surface area contributed by atoms with E-state index in [1.165, 1.54) is 11.1 Å². The number of hydrogen-bond acceptors (Lipinski definition) is 2. The zero-order valence-corrected chi connectivity index (χ0v) is 9.27. The number of nitrogens with one attached hydrogen (secondary N) is 1. The van der Waals surface area contributed by atoms with Crippen molar-refractivity contribution in [2.24, 2.45) is 5.11 Å². The number of aryl methyl sites for hydroxylation is 1. The van der Waals surface area contributed by atoms with Crippen LogP contribution in [0, 0.1) is 5.53 Å². The van der Waals surface area contributed by atoms with Gasteiger partial charge in [-0.1, -0.05) is 43.3 Å². The van der Waals surface area contributed by atoms with Crippen LogP contribution in [0.5, 0.6) is 0 Å². The molecule has 80 valence electrons. The van der Waals surface area contributed by atoms with Gasteiger partial charge in [-0.15, -0.1) is 0 Å². The molecule has 0 aliphatic heterocycles. The van der Waals surface area contributed by atoms with Gasteiger partial charge in [-0.25, -0.2) is 5.53 Å². The minimum absolute atomic E-state index is 0.689. The Morgan fingerprint density at radius 2 is 1.38 bits per heavy atom. The normalized spacial score (nSPS) is 10.1. The van der Waals surface area contributed by atoms with Crippen molar-refractivity contribution in [1.82, 2.24) is 0 Å². The molecular weight excluding hydrogens is 196 g/mol. The lowest BCUT2D eigenvalue weighted by Gasteiger charge is -2.03. The van der Waals surface area contributed by atoms with Crippen molar-refractivity contribution >= 4 is 5.69 Å². The van der Waals surface area contributed by atoms with E-state index >= 15 is 0 Å². The molecule has 0 aliphatic carbocycles. The van der Waals surface area contributed by atoms with Crippen molar-refractivity contribution in [2.45, 2.75) is 13.3 Å². The van der Waals surface area contributed by atoms with Crippen LogP contribution in [0.2, 0.25) is 0 Å². The molecule has 0 saturated carbocycles. The summed E-state index contributed by atoms with van der Waals surface area (Å²) in [5, 5.41) is 3.38. The van der Waals surface area contributed by atoms with Crippen LogP contribution in [-0.2, 0) is 6.42 Å². The molecule has 2 aromatic carbocycles. The molecule has 2 rings (SSSR count). The Morgan fingerprint density at radius 3 is 1.81 bits per heavy atom. The Morgan fingerprint density at radius 1 is 0.875 bits per heavy atom. The topological polar surface area (TPSA) is 36.2 Å². The van der Waals surface area contributed by atoms with Crippen LogP contribution in [0.3, 0.4) is 0 Å². The van der Waals surface area contributed by atoms with Crippen molar-refractivity contribution in [3.05, 3.63) is 54.1 Å². The molecule has 0 atom stereocenters. The van der Waals surface area contributed by atoms with Crippen molar-refractivity contribution in [3.8, 4) is 11.1 Å². The molecule has 2 heteroatoms. The quantitative estimate of drug-likeness (QED) is 0.720. The van der Waals surface area contributed by atoms with Gasteiger partial charge in [-0.05, 0) is 35.2 Å². The molecule has 2 nitrogen and oxygen atoms in total. The van der Waals surface area contributed by atoms with Crippen LogP contribution >= 0.6 is 0 Å². The van der Waals surface area contributed by atoms with Gasteiger partial charge in [0.25, 0.3) is 0 Å². The van der Waals surface area contributed by atoms with Crippen molar-refractivity contribution in [1.29, 1.82) is 5.53 Å². The average molecular weight is 210 g/mol. The summed E-state index contributed by atoms with van der Waals surface area (Å²) in [5.74, 6) is 0. The Bertz CT molecular complexity index is 469. The summed E-state index contributed by atoms with van der Waals surface area (Å²) < 4.78 is 0. The van der Waals surface area contributed by atoms with Gasteiger partial charge in [-0.2, -0.15) is 5.11 Å². The summed E-state index contributed by atoms with van der Waals surface area (Å²) in [6.45, 7) is 2.15. The molecule has 0 radical (unpaired) electrons. The second-order valence-corrected chi connectivity index (χ2v) is 3.71. The van der Waals surface area contributed by atoms with E-state index in [1.807, 2.05) is 24.3 Å². The Hall–Kier alpha value is -1.96. The standard InChI is InChI=1S/C14H14N2/c1-2-11-3-5-12(6-4-11)13-7-9-14(16-15)10-8-13/h3-10,15H,2H2,1H3. The summed E-state index contributed by atoms with van der Waals surface area (Å²) in [5.41, 5.74) is 11.3. The minimum atomic E-state index is 0.689. The van der Waals surface area contributed by atoms with Gasteiger partial charge in [0.1, 0.15) is 0 Å². The minimum Gasteiger partial charge on any atom is -0.204 e. The number of nitrogens with zero attached hydrogens (tertiary/aromatic N) is 1. The summed E-state index contributed by atoms with van der Waals surface area (Å²) >= 11 is 0. The lowest BCUT2D eigenvalue weighted by molar-refractivity contribution is 1.14. The summed E-state index contributed by atoms with van der Waals surface area (Å²) in [6, 6.07) is 16.3. The number of benzene rings is 2. The smallest absolute Gasteiger partial charge is 0.0850 e. The molecule has 0 amide bonds. The SMILES string of the molecule is CCc1ccc(-c2ccc(N=N)cc2)cc1. The Labute approximate surface area is 95.5 Å². The van der Waals surface area contributed by atoms with E-state index in [9.17, 15) is 0 Å². The lowest BCUT2D eigenvalue weighted by Crippen LogP contribution is -1.81. The highest BCUT2D eigenvalue weighted by atomic mass is 14.9. The van der Waals surface area contributed by atoms with E-state index in [0.29, 0.717) is 5.69 Å². The van der Waals surface area contributed by atoms with E-state index < -0.39 is 0 Å². The first-order valence-corrected chi connectivity index (χ1v) is 5.40. The molecule has 1 N–H and O–H groups in total. The summed E-state index contributed by atoms with van der Waals surface area (Å²) in [4.78, 5) is 0. The van der Waals surface area contributed by atoms with Gasteiger partial charge in [0.05, 0.1) is 5.69 Å². The predicted molar refractivity (Wildman–Crippen MR) is 66.1 cm³/mol. The first-order chi connectivity index (χ1) is 7.83. The first-order valence-electron chi connectivity index (χ1n) is 5.40. The molecule has 0 heterocycles. The van der Waals surface area contributed by atoms with E-state index in [0.717, 1.165) is 12.0 Å². The number of rotatable bonds is 3. The zero-order valence-electron chi connectivity index (χ0n) is 9.27. The first kappa shape index (κ1) is 10.6. The van der Waals surface area contributed by atoms with Gasteiger partial charge in [0.2, 0.25) is 0 Å². The van der Waals surface area contributed by atoms with Crippen molar-refractivity contribution in [3.63, 3.8) is 0 Å². The van der Waals surface area contributed by atoms with Crippen LogP contribution in [0.15, 0.2) is 53.6 Å². The van der Waals surface area contributed by atoms with Gasteiger partial charge in [0.15, 0.2) is 0 Å². The van der Waals surface area contributed by atoms with E-state index in [1.54, 1.807) is 0 Å². The highest BCUT2D eigenvalue weighted by Crippen LogP contribution is 2.22. The zero-order chi connectivity index (χ0) is 11.4. The molecule has 0 saturated heterocycles. The van der Waals surface area contributed by atoms with Crippen LogP contribution in [0.25, 0.3) is 11.1 Å². The highest BCUT2D eigenvalue weighted by Gasteiger charge is 1.97. The van der Waals surface area contributed by atoms with Crippen molar-refractivity contribution < 1.29 is 0 Å². The van der Waals surface area contributed by atoms with E-state index in [2.05, 4.69) is 36.3 Å². The lowest BCUT2D eigenvalue weighted by atomic mass is 10.0. The largest absolute Gasteiger partial charge is 0.204 e. The summed E-state index contributed by atoms with van der Waals surface area (Å²) in [6.07, 6.45) is 1.07. The predicted octanol–water partition coefficient (Wildman–Crippen LogP) is 4.58. The van der Waals surface area contributed by atoms with Crippen LogP contribution in [0.1, 0.15) is 12.5 Å². The maximum atomic E-state index is 6.90. The Balaban J connectivity index is 2.31. The van der Waals surface area contributed by atoms with Crippen LogP contribution in [0.4, 0.5) is 5.69 Å². The Kier molecular flexibility index (Phi) is 3.10. The number of hydrogen-bond donors (Lipinski definition) is 1. The average Bonchev–Trinajstić information content (AvgIpc) is 2.39. The molecule has 0 bridgehead atoms. The van der Waals surface area contributed by atoms with Gasteiger partial charge >= 0.3 is 0 Å². The van der Waals surface area contributed by atoms with Crippen LogP contribution < -0.4 is 0 Å². The second kappa shape index (κ2) is 4.71. The van der Waals surface area contributed by atoms with Gasteiger partial charge < -0.3 is 0 Å². The molecule has 16 heavy (non-hydrogen) atoms. The molecule has 0 unspecified atom stereocenters. The van der Waals surface area contributed by atoms with Crippen LogP contribution in [-0.4, -0.2) is 0 Å². The maximum Gasteiger partial charge on any atom is 0.0850 e. The van der Waals surface area contributed by atoms with E-state index in [-0.39, 0.29) is 0 Å². The fraction of sp³-hybridized carbons (Fsp3) is 0.143. The fourth-order valence-corrected chi connectivity index (χ4v) is 1.66. The molecule has 2 aromatic rings. The van der Waals surface area contributed by atoms with E-state index in [4.69, 9.17) is 5.53 Å². The molecule has 0 fully saturated rings. The molecule has 0 aliphatic rings. The highest BCUT2D eigenvalue weighted by molar-refractivity contribution is 5.65. The third-order valence-corrected chi connectivity index (χ3v) is 2.69.